The highest BCUT2D eigenvalue weighted by molar-refractivity contribution is 7.85. The average Bonchev–Trinajstić information content (AvgIpc) is 3.72. The summed E-state index contributed by atoms with van der Waals surface area (Å²) >= 11 is 0. The van der Waals surface area contributed by atoms with Gasteiger partial charge in [-0.1, -0.05) is 108 Å². The monoisotopic (exact) mass is 1020 g/mol. The number of likely N-dealkylation sites (N-methyl/N-ethyl adjacent to an activating group) is 1. The first kappa shape index (κ1) is 53.3. The Morgan fingerprint density at radius 2 is 1.23 bits per heavy atom. The molecule has 4 aromatic rings. The highest BCUT2D eigenvalue weighted by atomic mass is 32.2. The molecule has 9 rings (SSSR count). The molecule has 394 valence electrons. The molecule has 2 saturated heterocycles. The maximum atomic E-state index is 12.3. The molecule has 0 amide bonds. The second-order valence-electron chi connectivity index (χ2n) is 23.0. The number of carbonyl (C=O) groups is 1. The molecular weight excluding hydrogens is 943 g/mol. The summed E-state index contributed by atoms with van der Waals surface area (Å²) in [6, 6.07) is 21.0. The van der Waals surface area contributed by atoms with Crippen molar-refractivity contribution in [3.05, 3.63) is 137 Å². The molecule has 3 N–H and O–H groups in total. The van der Waals surface area contributed by atoms with Crippen LogP contribution in [0.4, 0.5) is 11.4 Å². The van der Waals surface area contributed by atoms with E-state index in [9.17, 15) is 28.0 Å². The maximum absolute atomic E-state index is 12.3. The summed E-state index contributed by atoms with van der Waals surface area (Å²) in [5.74, 6) is -0.524. The first-order chi connectivity index (χ1) is 35.3. The van der Waals surface area contributed by atoms with Gasteiger partial charge in [0.25, 0.3) is 10.1 Å². The molecule has 0 radical (unpaired) electrons. The van der Waals surface area contributed by atoms with Crippen molar-refractivity contribution in [1.29, 1.82) is 0 Å². The van der Waals surface area contributed by atoms with Gasteiger partial charge in [0.05, 0.1) is 23.7 Å². The van der Waals surface area contributed by atoms with E-state index in [0.29, 0.717) is 18.9 Å². The van der Waals surface area contributed by atoms with E-state index in [1.807, 2.05) is 12.1 Å². The van der Waals surface area contributed by atoms with Crippen molar-refractivity contribution >= 4 is 54.7 Å². The van der Waals surface area contributed by atoms with Gasteiger partial charge in [-0.25, -0.2) is 4.58 Å². The molecular formula is C62H80N5O6S+. The van der Waals surface area contributed by atoms with Crippen molar-refractivity contribution in [2.45, 2.75) is 140 Å². The number of benzene rings is 4. The van der Waals surface area contributed by atoms with E-state index in [0.717, 1.165) is 106 Å². The lowest BCUT2D eigenvalue weighted by Crippen LogP contribution is -2.50. The summed E-state index contributed by atoms with van der Waals surface area (Å²) < 4.78 is 37.2. The van der Waals surface area contributed by atoms with Gasteiger partial charge in [-0.05, 0) is 134 Å². The Morgan fingerprint density at radius 3 is 1.76 bits per heavy atom. The summed E-state index contributed by atoms with van der Waals surface area (Å²) in [5, 5.41) is 23.5. The zero-order valence-electron chi connectivity index (χ0n) is 44.9. The second-order valence-corrected chi connectivity index (χ2v) is 24.4. The summed E-state index contributed by atoms with van der Waals surface area (Å²) in [6.07, 6.45) is 22.0. The van der Waals surface area contributed by atoms with Gasteiger partial charge in [0, 0.05) is 89.8 Å². The van der Waals surface area contributed by atoms with Crippen LogP contribution in [0.2, 0.25) is 0 Å². The third kappa shape index (κ3) is 11.1. The molecule has 3 fully saturated rings. The molecule has 0 aromatic heterocycles. The molecule has 74 heavy (non-hydrogen) atoms. The third-order valence-electron chi connectivity index (χ3n) is 16.8. The van der Waals surface area contributed by atoms with E-state index in [1.165, 1.54) is 94.0 Å². The zero-order valence-corrected chi connectivity index (χ0v) is 45.7. The SMILES string of the molecule is C=C(O)CCCCCN1/C(=C/C=C2\CN(C)CC(=CC=C3N(CCCCCC(=O)O)c4ccc5cc(C)ccc5c4C3(C)C)C2=[N+]2CCN(C3CCCCC3)CC2)C(C)(C)c2c1ccc1cc(S(=O)(=O)O)ccc21. The van der Waals surface area contributed by atoms with E-state index in [-0.39, 0.29) is 22.5 Å². The summed E-state index contributed by atoms with van der Waals surface area (Å²) in [7, 11) is -2.15. The standard InChI is InChI=1S/C62H79N5O6S/c1-43-21-27-51-45(39-43)22-29-53-58(51)61(3,4)55(67(53)34-16-10-14-20-57(69)70)31-24-47-41-63(7)42-48(60(47)65-37-35-64(36-38-65)49-18-12-8-13-19-49)25-32-56-62(5,6)59-52-28-26-50(74(71,72)73)40-46(52)23-30-54(59)66(56)33-15-9-11-17-44(2)68/h21-32,39-40,49H,2,8-20,33-38,41-42H2,1,3-7H3,(H2-,68,69,70,71,72,73)/p+1. The Labute approximate surface area is 440 Å². The number of hydrogen-bond acceptors (Lipinski definition) is 8. The largest absolute Gasteiger partial charge is 0.513 e. The Bertz CT molecular complexity index is 3090. The van der Waals surface area contributed by atoms with Gasteiger partial charge < -0.3 is 20.0 Å². The number of aliphatic hydroxyl groups is 1. The normalized spacial score (nSPS) is 21.8. The minimum Gasteiger partial charge on any atom is -0.513 e. The Morgan fingerprint density at radius 1 is 0.703 bits per heavy atom. The molecule has 1 saturated carbocycles. The minimum absolute atomic E-state index is 0.113. The average molecular weight is 1020 g/mol. The van der Waals surface area contributed by atoms with E-state index in [2.05, 4.69) is 133 Å². The van der Waals surface area contributed by atoms with Crippen LogP contribution in [-0.4, -0.2) is 115 Å². The van der Waals surface area contributed by atoms with Crippen LogP contribution in [0.3, 0.4) is 0 Å². The Balaban J connectivity index is 1.15. The van der Waals surface area contributed by atoms with Crippen molar-refractivity contribution in [2.24, 2.45) is 0 Å². The molecule has 11 nitrogen and oxygen atoms in total. The Hall–Kier alpha value is -5.53. The smallest absolute Gasteiger partial charge is 0.303 e. The maximum Gasteiger partial charge on any atom is 0.303 e. The van der Waals surface area contributed by atoms with Crippen molar-refractivity contribution in [2.75, 3.05) is 69.2 Å². The highest BCUT2D eigenvalue weighted by Crippen LogP contribution is 2.53. The lowest BCUT2D eigenvalue weighted by Gasteiger charge is -2.36. The lowest BCUT2D eigenvalue weighted by molar-refractivity contribution is -0.540. The number of anilines is 2. The number of rotatable bonds is 16. The van der Waals surface area contributed by atoms with E-state index < -0.39 is 21.5 Å². The molecule has 5 aliphatic rings. The molecule has 12 heteroatoms. The van der Waals surface area contributed by atoms with Crippen LogP contribution < -0.4 is 9.80 Å². The summed E-state index contributed by atoms with van der Waals surface area (Å²) in [6.45, 7) is 22.3. The number of aryl methyl sites for hydroxylation is 1. The number of allylic oxidation sites excluding steroid dienone is 7. The topological polar surface area (TPSA) is 128 Å². The van der Waals surface area contributed by atoms with Crippen molar-refractivity contribution in [1.82, 2.24) is 9.80 Å². The first-order valence-electron chi connectivity index (χ1n) is 27.4. The number of aliphatic carboxylic acids is 1. The van der Waals surface area contributed by atoms with Gasteiger partial charge in [-0.3, -0.25) is 19.1 Å². The van der Waals surface area contributed by atoms with E-state index >= 15 is 0 Å². The van der Waals surface area contributed by atoms with Crippen LogP contribution in [0.25, 0.3) is 21.5 Å². The molecule has 0 atom stereocenters. The molecule has 0 spiro atoms. The second kappa shape index (κ2) is 22.0. The summed E-state index contributed by atoms with van der Waals surface area (Å²) in [4.78, 5) is 21.5. The van der Waals surface area contributed by atoms with Gasteiger partial charge in [-0.15, -0.1) is 0 Å². The number of likely N-dealkylation sites (tertiary alicyclic amines) is 1. The van der Waals surface area contributed by atoms with Gasteiger partial charge in [0.15, 0.2) is 13.1 Å². The highest BCUT2D eigenvalue weighted by Gasteiger charge is 2.43. The number of carboxylic acids is 1. The van der Waals surface area contributed by atoms with Gasteiger partial charge >= 0.3 is 5.97 Å². The van der Waals surface area contributed by atoms with Gasteiger partial charge in [-0.2, -0.15) is 8.42 Å². The molecule has 0 bridgehead atoms. The molecule has 1 aliphatic carbocycles. The Kier molecular flexibility index (Phi) is 15.8. The lowest BCUT2D eigenvalue weighted by atomic mass is 9.80. The van der Waals surface area contributed by atoms with Gasteiger partial charge in [0.2, 0.25) is 5.71 Å². The first-order valence-corrected chi connectivity index (χ1v) is 28.9. The predicted octanol–water partition coefficient (Wildman–Crippen LogP) is 12.4. The zero-order chi connectivity index (χ0) is 52.5. The van der Waals surface area contributed by atoms with Crippen LogP contribution in [0.5, 0.6) is 0 Å². The van der Waals surface area contributed by atoms with Crippen LogP contribution in [0.15, 0.2) is 125 Å². The van der Waals surface area contributed by atoms with Gasteiger partial charge in [0.1, 0.15) is 0 Å². The van der Waals surface area contributed by atoms with Crippen LogP contribution >= 0.6 is 0 Å². The number of piperidine rings is 1. The van der Waals surface area contributed by atoms with Crippen molar-refractivity contribution in [3.8, 4) is 0 Å². The molecule has 4 aliphatic heterocycles. The fourth-order valence-corrected chi connectivity index (χ4v) is 13.7. The number of unbranched alkanes of at least 4 members (excludes halogenated alkanes) is 4. The number of fused-ring (bicyclic) bond motifs is 6. The third-order valence-corrected chi connectivity index (χ3v) is 17.7. The van der Waals surface area contributed by atoms with Crippen LogP contribution in [0, 0.1) is 6.92 Å². The van der Waals surface area contributed by atoms with E-state index in [4.69, 9.17) is 0 Å². The molecule has 4 heterocycles. The fourth-order valence-electron chi connectivity index (χ4n) is 13.2. The number of nitrogens with zero attached hydrogens (tertiary/aromatic N) is 5. The summed E-state index contributed by atoms with van der Waals surface area (Å²) in [5.41, 5.74) is 11.6. The number of hydrogen-bond donors (Lipinski definition) is 3. The number of piperazine rings is 1. The van der Waals surface area contributed by atoms with Crippen LogP contribution in [-0.2, 0) is 25.7 Å². The minimum atomic E-state index is -4.38. The number of aliphatic hydroxyl groups excluding tert-OH is 1. The number of carboxylic acid groups (broad SMARTS) is 1. The van der Waals surface area contributed by atoms with Crippen LogP contribution in [0.1, 0.15) is 128 Å². The molecule has 0 unspecified atom stereocenters. The van der Waals surface area contributed by atoms with Crippen molar-refractivity contribution in [3.63, 3.8) is 0 Å². The molecule has 4 aromatic carbocycles. The quantitative estimate of drug-likeness (QED) is 0.0432. The fraction of sp³-hybridized carbons (Fsp3) is 0.484. The van der Waals surface area contributed by atoms with E-state index in [1.54, 1.807) is 6.07 Å². The predicted molar refractivity (Wildman–Crippen MR) is 303 cm³/mol. The van der Waals surface area contributed by atoms with Crippen molar-refractivity contribution < 1.29 is 32.6 Å².